The number of carbonyl (C=O) groups is 1. The van der Waals surface area contributed by atoms with Gasteiger partial charge in [-0.1, -0.05) is 12.1 Å². The summed E-state index contributed by atoms with van der Waals surface area (Å²) in [5.74, 6) is -5.34. The van der Waals surface area contributed by atoms with Crippen molar-refractivity contribution in [3.05, 3.63) is 72.6 Å². The van der Waals surface area contributed by atoms with Gasteiger partial charge in [0.25, 0.3) is 5.78 Å². The van der Waals surface area contributed by atoms with Crippen LogP contribution in [0.15, 0.2) is 66.6 Å². The largest absolute Gasteiger partial charge is 0.504 e. The zero-order valence-electron chi connectivity index (χ0n) is 14.1. The maximum Gasteiger partial charge on any atom is 0.454 e. The molecule has 0 amide bonds. The number of halogens is 6. The Hall–Kier alpha value is -2.65. The van der Waals surface area contributed by atoms with Gasteiger partial charge in [0, 0.05) is 38.1 Å². The molecular formula is C18H11F6IrN2O2-. The first kappa shape index (κ1) is 24.4. The first-order valence-electron chi connectivity index (χ1n) is 7.49. The molecule has 0 saturated carbocycles. The predicted octanol–water partition coefficient (Wildman–Crippen LogP) is 4.92. The number of carbonyl (C=O) groups excluding carboxylic acids is 1. The summed E-state index contributed by atoms with van der Waals surface area (Å²) in [5, 5.41) is 12.4. The van der Waals surface area contributed by atoms with E-state index in [4.69, 9.17) is 5.11 Å². The number of alkyl halides is 6. The number of aliphatic hydroxyl groups excluding tert-OH is 1. The third kappa shape index (κ3) is 7.03. The summed E-state index contributed by atoms with van der Waals surface area (Å²) in [4.78, 5) is 9.86. The molecule has 157 valence electrons. The molecule has 0 saturated heterocycles. The van der Waals surface area contributed by atoms with Gasteiger partial charge in [-0.2, -0.15) is 26.3 Å². The predicted molar refractivity (Wildman–Crippen MR) is 87.3 cm³/mol. The number of nitrogens with zero attached hydrogens (tertiary/aromatic N) is 2. The number of allylic oxidation sites excluding steroid dienone is 2. The van der Waals surface area contributed by atoms with Crippen LogP contribution in [0.3, 0.4) is 0 Å². The summed E-state index contributed by atoms with van der Waals surface area (Å²) in [5.41, 5.74) is 3.09. The van der Waals surface area contributed by atoms with Crippen LogP contribution in [0.1, 0.15) is 0 Å². The van der Waals surface area contributed by atoms with E-state index in [1.54, 1.807) is 0 Å². The van der Waals surface area contributed by atoms with Crippen LogP contribution in [-0.2, 0) is 24.9 Å². The van der Waals surface area contributed by atoms with Crippen molar-refractivity contribution in [1.82, 2.24) is 9.61 Å². The number of ketones is 1. The van der Waals surface area contributed by atoms with Crippen LogP contribution in [0.4, 0.5) is 26.3 Å². The van der Waals surface area contributed by atoms with E-state index in [0.717, 1.165) is 16.8 Å². The second-order valence-corrected chi connectivity index (χ2v) is 5.27. The molecule has 0 atom stereocenters. The average Bonchev–Trinajstić information content (AvgIpc) is 3.05. The number of hydrogen-bond acceptors (Lipinski definition) is 3. The molecule has 1 radical (unpaired) electrons. The summed E-state index contributed by atoms with van der Waals surface area (Å²) >= 11 is 0. The summed E-state index contributed by atoms with van der Waals surface area (Å²) in [7, 11) is 0. The Kier molecular flexibility index (Phi) is 8.16. The monoisotopic (exact) mass is 594 g/mol. The van der Waals surface area contributed by atoms with Crippen molar-refractivity contribution >= 4 is 11.3 Å². The first-order valence-corrected chi connectivity index (χ1v) is 7.49. The van der Waals surface area contributed by atoms with E-state index in [2.05, 4.69) is 17.2 Å². The van der Waals surface area contributed by atoms with Gasteiger partial charge < -0.3 is 5.11 Å². The maximum atomic E-state index is 11.4. The van der Waals surface area contributed by atoms with Gasteiger partial charge in [0.15, 0.2) is 0 Å². The standard InChI is InChI=1S/C13H9N2.C5H2F6O2.Ir/c1-2-6-11(7-3-1)13-10-12-8-4-5-9-15(12)14-13;6-4(7,8)2(12)1-3(13)5(9,10)11;/h1-6,8-10H;1,12H;/q-1;;/b;2-1-;. The number of pyridine rings is 1. The summed E-state index contributed by atoms with van der Waals surface area (Å²) in [6, 6.07) is 19.1. The van der Waals surface area contributed by atoms with Crippen molar-refractivity contribution in [3.8, 4) is 11.3 Å². The molecule has 0 aliphatic carbocycles. The van der Waals surface area contributed by atoms with Crippen molar-refractivity contribution in [2.24, 2.45) is 0 Å². The van der Waals surface area contributed by atoms with Crippen molar-refractivity contribution in [2.75, 3.05) is 0 Å². The van der Waals surface area contributed by atoms with E-state index in [0.29, 0.717) is 0 Å². The Labute approximate surface area is 173 Å². The molecule has 2 aromatic heterocycles. The minimum absolute atomic E-state index is 0. The number of rotatable bonds is 2. The second kappa shape index (κ2) is 9.71. The molecule has 3 rings (SSSR count). The Morgan fingerprint density at radius 2 is 1.69 bits per heavy atom. The summed E-state index contributed by atoms with van der Waals surface area (Å²) < 4.78 is 69.9. The third-order valence-corrected chi connectivity index (χ3v) is 3.19. The maximum absolute atomic E-state index is 11.4. The van der Waals surface area contributed by atoms with Crippen LogP contribution in [0.25, 0.3) is 16.8 Å². The van der Waals surface area contributed by atoms with Crippen molar-refractivity contribution < 1.29 is 56.3 Å². The van der Waals surface area contributed by atoms with Gasteiger partial charge in [-0.05, 0) is 12.1 Å². The van der Waals surface area contributed by atoms with E-state index in [9.17, 15) is 31.1 Å². The van der Waals surface area contributed by atoms with Crippen LogP contribution >= 0.6 is 0 Å². The molecular weight excluding hydrogens is 582 g/mol. The van der Waals surface area contributed by atoms with Gasteiger partial charge in [0.2, 0.25) is 5.76 Å². The van der Waals surface area contributed by atoms with Crippen LogP contribution in [0.2, 0.25) is 0 Å². The fraction of sp³-hybridized carbons (Fsp3) is 0.111. The fourth-order valence-electron chi connectivity index (χ4n) is 1.91. The molecule has 1 aromatic carbocycles. The first-order chi connectivity index (χ1) is 13.0. The van der Waals surface area contributed by atoms with Crippen LogP contribution in [-0.4, -0.2) is 32.9 Å². The van der Waals surface area contributed by atoms with E-state index in [1.807, 2.05) is 53.2 Å². The second-order valence-electron chi connectivity index (χ2n) is 5.27. The summed E-state index contributed by atoms with van der Waals surface area (Å²) in [6.07, 6.45) is -9.73. The zero-order chi connectivity index (χ0) is 20.9. The van der Waals surface area contributed by atoms with E-state index in [-0.39, 0.29) is 20.1 Å². The molecule has 3 aromatic rings. The zero-order valence-corrected chi connectivity index (χ0v) is 16.5. The molecule has 4 nitrogen and oxygen atoms in total. The number of hydrogen-bond donors (Lipinski definition) is 1. The molecule has 0 fully saturated rings. The van der Waals surface area contributed by atoms with Crippen molar-refractivity contribution in [1.29, 1.82) is 0 Å². The molecule has 2 heterocycles. The Morgan fingerprint density at radius 1 is 1.03 bits per heavy atom. The summed E-state index contributed by atoms with van der Waals surface area (Å²) in [6.45, 7) is 0. The van der Waals surface area contributed by atoms with Gasteiger partial charge in [0.05, 0.1) is 5.52 Å². The van der Waals surface area contributed by atoms with Gasteiger partial charge in [-0.15, -0.1) is 35.9 Å². The molecule has 0 unspecified atom stereocenters. The average molecular weight is 594 g/mol. The number of fused-ring (bicyclic) bond motifs is 1. The van der Waals surface area contributed by atoms with Crippen molar-refractivity contribution in [2.45, 2.75) is 12.4 Å². The number of benzene rings is 1. The van der Waals surface area contributed by atoms with Crippen LogP contribution in [0, 0.1) is 6.07 Å². The Morgan fingerprint density at radius 3 is 2.21 bits per heavy atom. The smallest absolute Gasteiger partial charge is 0.454 e. The fourth-order valence-corrected chi connectivity index (χ4v) is 1.91. The van der Waals surface area contributed by atoms with Gasteiger partial charge in [-0.3, -0.25) is 9.31 Å². The Balaban J connectivity index is 0.000000285. The minimum atomic E-state index is -5.42. The van der Waals surface area contributed by atoms with Gasteiger partial charge >= 0.3 is 12.4 Å². The molecule has 1 N–H and O–H groups in total. The topological polar surface area (TPSA) is 54.6 Å². The van der Waals surface area contributed by atoms with Crippen molar-refractivity contribution in [3.63, 3.8) is 0 Å². The Bertz CT molecular complexity index is 948. The van der Waals surface area contributed by atoms with E-state index in [1.165, 1.54) is 0 Å². The minimum Gasteiger partial charge on any atom is -0.504 e. The molecule has 11 heteroatoms. The molecule has 0 spiro atoms. The SMILES string of the molecule is O=C(/C=C(\O)C(F)(F)F)C(F)(F)F.[Ir].[c-]1ccccc1-c1cc2ccccn2n1. The van der Waals surface area contributed by atoms with Crippen LogP contribution < -0.4 is 0 Å². The van der Waals surface area contributed by atoms with Gasteiger partial charge in [0.1, 0.15) is 0 Å². The van der Waals surface area contributed by atoms with Crippen LogP contribution in [0.5, 0.6) is 0 Å². The number of aromatic nitrogens is 2. The molecule has 0 bridgehead atoms. The molecule has 29 heavy (non-hydrogen) atoms. The molecule has 0 aliphatic rings. The normalized spacial score (nSPS) is 12.0. The third-order valence-electron chi connectivity index (χ3n) is 3.19. The van der Waals surface area contributed by atoms with E-state index >= 15 is 0 Å². The quantitative estimate of drug-likeness (QED) is 0.199. The molecule has 0 aliphatic heterocycles. The number of aliphatic hydroxyl groups is 1. The van der Waals surface area contributed by atoms with Gasteiger partial charge in [-0.25, -0.2) is 5.10 Å². The van der Waals surface area contributed by atoms with E-state index < -0.39 is 30.0 Å².